The van der Waals surface area contributed by atoms with E-state index in [2.05, 4.69) is 13.8 Å². The van der Waals surface area contributed by atoms with Crippen molar-refractivity contribution in [2.24, 2.45) is 5.92 Å². The zero-order valence-electron chi connectivity index (χ0n) is 10.1. The van der Waals surface area contributed by atoms with E-state index < -0.39 is 0 Å². The number of hydrogen-bond acceptors (Lipinski definition) is 2. The van der Waals surface area contributed by atoms with E-state index in [-0.39, 0.29) is 0 Å². The van der Waals surface area contributed by atoms with Gasteiger partial charge in [0, 0.05) is 5.56 Å². The van der Waals surface area contributed by atoms with Gasteiger partial charge in [-0.1, -0.05) is 26.0 Å². The number of halogens is 1. The molecule has 0 amide bonds. The van der Waals surface area contributed by atoms with Crippen LogP contribution in [0.3, 0.4) is 0 Å². The molecule has 0 bridgehead atoms. The number of ether oxygens (including phenoxy) is 2. The molecule has 0 unspecified atom stereocenters. The fourth-order valence-electron chi connectivity index (χ4n) is 1.39. The monoisotopic (exact) mass is 242 g/mol. The summed E-state index contributed by atoms with van der Waals surface area (Å²) < 4.78 is 11.0. The van der Waals surface area contributed by atoms with Gasteiger partial charge < -0.3 is 9.47 Å². The van der Waals surface area contributed by atoms with Gasteiger partial charge in [-0.05, 0) is 18.4 Å². The summed E-state index contributed by atoms with van der Waals surface area (Å²) in [5, 5.41) is 0. The Morgan fingerprint density at radius 2 is 2.06 bits per heavy atom. The summed E-state index contributed by atoms with van der Waals surface area (Å²) in [6.07, 6.45) is 1.03. The van der Waals surface area contributed by atoms with Crippen molar-refractivity contribution in [3.63, 3.8) is 0 Å². The van der Waals surface area contributed by atoms with Crippen LogP contribution in [0.5, 0.6) is 11.5 Å². The second kappa shape index (κ2) is 6.64. The lowest BCUT2D eigenvalue weighted by Crippen LogP contribution is -2.04. The highest BCUT2D eigenvalue weighted by atomic mass is 35.5. The Kier molecular flexibility index (Phi) is 5.47. The molecule has 1 aromatic rings. The fraction of sp³-hybridized carbons (Fsp3) is 0.538. The maximum atomic E-state index is 5.87. The molecule has 0 fully saturated rings. The number of rotatable bonds is 6. The van der Waals surface area contributed by atoms with Crippen molar-refractivity contribution in [2.75, 3.05) is 13.7 Å². The predicted octanol–water partition coefficient (Wildman–Crippen LogP) is 3.86. The third-order valence-corrected chi connectivity index (χ3v) is 2.65. The highest BCUT2D eigenvalue weighted by molar-refractivity contribution is 6.17. The molecule has 0 aliphatic heterocycles. The molecule has 0 saturated carbocycles. The second-order valence-corrected chi connectivity index (χ2v) is 4.38. The Labute approximate surface area is 103 Å². The molecule has 0 spiro atoms. The minimum Gasteiger partial charge on any atom is -0.493 e. The normalized spacial score (nSPS) is 10.6. The Morgan fingerprint density at radius 1 is 1.31 bits per heavy atom. The lowest BCUT2D eigenvalue weighted by Gasteiger charge is -2.14. The molecule has 16 heavy (non-hydrogen) atoms. The second-order valence-electron chi connectivity index (χ2n) is 4.11. The fourth-order valence-corrected chi connectivity index (χ4v) is 1.60. The van der Waals surface area contributed by atoms with Crippen LogP contribution in [-0.2, 0) is 5.88 Å². The standard InChI is InChI=1S/C13H19ClO2/c1-10(2)7-8-16-13-11(9-14)5-4-6-12(13)15-3/h4-6,10H,7-9H2,1-3H3. The largest absolute Gasteiger partial charge is 0.493 e. The minimum atomic E-state index is 0.439. The minimum absolute atomic E-state index is 0.439. The van der Waals surface area contributed by atoms with Crippen LogP contribution in [0.2, 0.25) is 0 Å². The van der Waals surface area contributed by atoms with Crippen molar-refractivity contribution in [1.29, 1.82) is 0 Å². The molecule has 2 nitrogen and oxygen atoms in total. The van der Waals surface area contributed by atoms with Crippen LogP contribution in [0.1, 0.15) is 25.8 Å². The van der Waals surface area contributed by atoms with E-state index in [9.17, 15) is 0 Å². The first kappa shape index (κ1) is 13.2. The Morgan fingerprint density at radius 3 is 2.62 bits per heavy atom. The van der Waals surface area contributed by atoms with E-state index >= 15 is 0 Å². The maximum absolute atomic E-state index is 5.87. The van der Waals surface area contributed by atoms with Gasteiger partial charge in [-0.15, -0.1) is 11.6 Å². The van der Waals surface area contributed by atoms with Gasteiger partial charge in [0.25, 0.3) is 0 Å². The van der Waals surface area contributed by atoms with Crippen LogP contribution in [0.4, 0.5) is 0 Å². The van der Waals surface area contributed by atoms with Crippen LogP contribution >= 0.6 is 11.6 Å². The zero-order chi connectivity index (χ0) is 12.0. The number of hydrogen-bond donors (Lipinski definition) is 0. The van der Waals surface area contributed by atoms with Crippen LogP contribution in [0, 0.1) is 5.92 Å². The number of para-hydroxylation sites is 1. The molecular formula is C13H19ClO2. The van der Waals surface area contributed by atoms with Crippen LogP contribution < -0.4 is 9.47 Å². The quantitative estimate of drug-likeness (QED) is 0.706. The van der Waals surface area contributed by atoms with Gasteiger partial charge >= 0.3 is 0 Å². The SMILES string of the molecule is COc1cccc(CCl)c1OCCC(C)C. The molecule has 0 aliphatic rings. The first-order valence-corrected chi connectivity index (χ1v) is 6.07. The van der Waals surface area contributed by atoms with Gasteiger partial charge in [0.1, 0.15) is 0 Å². The Balaban J connectivity index is 2.74. The summed E-state index contributed by atoms with van der Waals surface area (Å²) in [5.41, 5.74) is 0.977. The van der Waals surface area contributed by atoms with Crippen molar-refractivity contribution in [2.45, 2.75) is 26.1 Å². The molecule has 0 aromatic heterocycles. The number of benzene rings is 1. The van der Waals surface area contributed by atoms with Crippen LogP contribution in [0.25, 0.3) is 0 Å². The van der Waals surface area contributed by atoms with E-state index in [0.717, 1.165) is 23.5 Å². The molecule has 1 rings (SSSR count). The first-order chi connectivity index (χ1) is 7.69. The van der Waals surface area contributed by atoms with Crippen LogP contribution in [-0.4, -0.2) is 13.7 Å². The van der Waals surface area contributed by atoms with Crippen molar-refractivity contribution in [1.82, 2.24) is 0 Å². The summed E-state index contributed by atoms with van der Waals surface area (Å²) in [6, 6.07) is 5.77. The molecule has 1 aromatic carbocycles. The Bertz CT molecular complexity index is 301. The van der Waals surface area contributed by atoms with Crippen molar-refractivity contribution in [3.05, 3.63) is 23.8 Å². The smallest absolute Gasteiger partial charge is 0.165 e. The van der Waals surface area contributed by atoms with E-state index in [0.29, 0.717) is 18.4 Å². The number of alkyl halides is 1. The van der Waals surface area contributed by atoms with Crippen LogP contribution in [0.15, 0.2) is 18.2 Å². The average Bonchev–Trinajstić information content (AvgIpc) is 2.28. The molecule has 0 heterocycles. The number of methoxy groups -OCH3 is 1. The highest BCUT2D eigenvalue weighted by Crippen LogP contribution is 2.32. The van der Waals surface area contributed by atoms with Crippen molar-refractivity contribution >= 4 is 11.6 Å². The third-order valence-electron chi connectivity index (χ3n) is 2.37. The van der Waals surface area contributed by atoms with Gasteiger partial charge in [0.2, 0.25) is 0 Å². The summed E-state index contributed by atoms with van der Waals surface area (Å²) in [5.74, 6) is 2.60. The zero-order valence-corrected chi connectivity index (χ0v) is 10.9. The summed E-state index contributed by atoms with van der Waals surface area (Å²) >= 11 is 5.87. The first-order valence-electron chi connectivity index (χ1n) is 5.53. The molecule has 0 N–H and O–H groups in total. The van der Waals surface area contributed by atoms with Gasteiger partial charge in [-0.25, -0.2) is 0 Å². The van der Waals surface area contributed by atoms with Gasteiger partial charge in [-0.2, -0.15) is 0 Å². The summed E-state index contributed by atoms with van der Waals surface area (Å²) in [7, 11) is 1.64. The molecule has 0 radical (unpaired) electrons. The lowest BCUT2D eigenvalue weighted by atomic mass is 10.1. The van der Waals surface area contributed by atoms with Crippen molar-refractivity contribution in [3.8, 4) is 11.5 Å². The topological polar surface area (TPSA) is 18.5 Å². The van der Waals surface area contributed by atoms with E-state index in [1.165, 1.54) is 0 Å². The van der Waals surface area contributed by atoms with Gasteiger partial charge in [0.05, 0.1) is 19.6 Å². The predicted molar refractivity (Wildman–Crippen MR) is 67.5 cm³/mol. The molecule has 0 atom stereocenters. The maximum Gasteiger partial charge on any atom is 0.165 e. The summed E-state index contributed by atoms with van der Waals surface area (Å²) in [6.45, 7) is 5.05. The van der Waals surface area contributed by atoms with Crippen molar-refractivity contribution < 1.29 is 9.47 Å². The van der Waals surface area contributed by atoms with Gasteiger partial charge in [-0.3, -0.25) is 0 Å². The molecule has 0 saturated heterocycles. The van der Waals surface area contributed by atoms with E-state index in [1.807, 2.05) is 18.2 Å². The summed E-state index contributed by atoms with van der Waals surface area (Å²) in [4.78, 5) is 0. The molecule has 3 heteroatoms. The average molecular weight is 243 g/mol. The van der Waals surface area contributed by atoms with E-state index in [4.69, 9.17) is 21.1 Å². The van der Waals surface area contributed by atoms with Gasteiger partial charge in [0.15, 0.2) is 11.5 Å². The third kappa shape index (κ3) is 3.60. The molecule has 90 valence electrons. The molecule has 0 aliphatic carbocycles. The van der Waals surface area contributed by atoms with E-state index in [1.54, 1.807) is 7.11 Å². The highest BCUT2D eigenvalue weighted by Gasteiger charge is 2.09. The lowest BCUT2D eigenvalue weighted by molar-refractivity contribution is 0.271. The Hall–Kier alpha value is -0.890. The molecular weight excluding hydrogens is 224 g/mol.